The summed E-state index contributed by atoms with van der Waals surface area (Å²) in [6.45, 7) is 5.97. The molecule has 2 aliphatic heterocycles. The summed E-state index contributed by atoms with van der Waals surface area (Å²) in [7, 11) is 0. The summed E-state index contributed by atoms with van der Waals surface area (Å²) in [6, 6.07) is 0.912. The Morgan fingerprint density at radius 2 is 1.71 bits per heavy atom. The maximum atomic E-state index is 6.17. The first-order valence-corrected chi connectivity index (χ1v) is 7.53. The minimum absolute atomic E-state index is 0.326. The molecule has 0 bridgehead atoms. The molecular weight excluding hydrogens is 210 g/mol. The summed E-state index contributed by atoms with van der Waals surface area (Å²) in [5.74, 6) is 0. The molecule has 3 rings (SSSR count). The highest BCUT2D eigenvalue weighted by atomic mass is 15.3. The molecule has 3 aliphatic rings. The molecule has 1 aliphatic carbocycles. The van der Waals surface area contributed by atoms with Gasteiger partial charge < -0.3 is 5.73 Å². The lowest BCUT2D eigenvalue weighted by molar-refractivity contribution is 0.101. The summed E-state index contributed by atoms with van der Waals surface area (Å²) in [5.41, 5.74) is 6.49. The van der Waals surface area contributed by atoms with Crippen molar-refractivity contribution in [3.8, 4) is 0 Å². The van der Waals surface area contributed by atoms with E-state index in [0.717, 1.165) is 12.6 Å². The van der Waals surface area contributed by atoms with E-state index in [1.54, 1.807) is 0 Å². The fourth-order valence-electron chi connectivity index (χ4n) is 3.74. The average molecular weight is 237 g/mol. The van der Waals surface area contributed by atoms with Crippen LogP contribution in [0.4, 0.5) is 0 Å². The molecule has 1 unspecified atom stereocenters. The van der Waals surface area contributed by atoms with E-state index in [-0.39, 0.29) is 0 Å². The van der Waals surface area contributed by atoms with Crippen molar-refractivity contribution in [3.05, 3.63) is 0 Å². The molecule has 0 radical (unpaired) electrons. The van der Waals surface area contributed by atoms with Crippen LogP contribution in [0.2, 0.25) is 0 Å². The third kappa shape index (κ3) is 2.38. The molecule has 0 spiro atoms. The van der Waals surface area contributed by atoms with Crippen molar-refractivity contribution in [2.24, 2.45) is 5.73 Å². The number of nitrogens with zero attached hydrogens (tertiary/aromatic N) is 2. The van der Waals surface area contributed by atoms with Crippen LogP contribution in [0.1, 0.15) is 44.9 Å². The lowest BCUT2D eigenvalue weighted by atomic mass is 9.95. The van der Waals surface area contributed by atoms with Gasteiger partial charge >= 0.3 is 0 Å². The van der Waals surface area contributed by atoms with Crippen molar-refractivity contribution >= 4 is 0 Å². The summed E-state index contributed by atoms with van der Waals surface area (Å²) in [5, 5.41) is 0. The Hall–Kier alpha value is -0.120. The van der Waals surface area contributed by atoms with Gasteiger partial charge in [0.15, 0.2) is 0 Å². The van der Waals surface area contributed by atoms with Gasteiger partial charge in [-0.25, -0.2) is 0 Å². The molecule has 1 saturated carbocycles. The Balaban J connectivity index is 1.67. The second-order valence-corrected chi connectivity index (χ2v) is 6.28. The Morgan fingerprint density at radius 3 is 2.29 bits per heavy atom. The molecule has 3 heteroatoms. The first kappa shape index (κ1) is 11.9. The van der Waals surface area contributed by atoms with Crippen LogP contribution in [0.3, 0.4) is 0 Å². The van der Waals surface area contributed by atoms with Crippen LogP contribution in [0.15, 0.2) is 0 Å². The van der Waals surface area contributed by atoms with E-state index in [2.05, 4.69) is 9.80 Å². The molecule has 0 aromatic rings. The molecule has 17 heavy (non-hydrogen) atoms. The van der Waals surface area contributed by atoms with E-state index < -0.39 is 0 Å². The minimum Gasteiger partial charge on any atom is -0.329 e. The zero-order valence-electron chi connectivity index (χ0n) is 11.0. The van der Waals surface area contributed by atoms with Gasteiger partial charge in [-0.3, -0.25) is 9.80 Å². The predicted molar refractivity (Wildman–Crippen MR) is 71.0 cm³/mol. The molecule has 98 valence electrons. The molecular formula is C14H27N3. The van der Waals surface area contributed by atoms with E-state index in [9.17, 15) is 0 Å². The number of nitrogens with two attached hydrogens (primary N) is 1. The lowest BCUT2D eigenvalue weighted by Crippen LogP contribution is -2.56. The highest BCUT2D eigenvalue weighted by Gasteiger charge is 2.45. The topological polar surface area (TPSA) is 32.5 Å². The number of hydrogen-bond donors (Lipinski definition) is 1. The van der Waals surface area contributed by atoms with Crippen molar-refractivity contribution < 1.29 is 0 Å². The third-order valence-corrected chi connectivity index (χ3v) is 5.08. The molecule has 2 heterocycles. The second-order valence-electron chi connectivity index (χ2n) is 6.28. The summed E-state index contributed by atoms with van der Waals surface area (Å²) < 4.78 is 0. The first-order valence-electron chi connectivity index (χ1n) is 7.53. The van der Waals surface area contributed by atoms with E-state index in [1.165, 1.54) is 71.1 Å². The highest BCUT2D eigenvalue weighted by molar-refractivity contribution is 5.03. The normalized spacial score (nSPS) is 37.2. The van der Waals surface area contributed by atoms with Gasteiger partial charge in [0.2, 0.25) is 0 Å². The Bertz CT molecular complexity index is 256. The van der Waals surface area contributed by atoms with Crippen molar-refractivity contribution in [2.45, 2.75) is 56.5 Å². The molecule has 0 aromatic heterocycles. The van der Waals surface area contributed by atoms with Gasteiger partial charge in [-0.2, -0.15) is 0 Å². The van der Waals surface area contributed by atoms with Gasteiger partial charge in [-0.15, -0.1) is 0 Å². The van der Waals surface area contributed by atoms with Crippen LogP contribution in [0.25, 0.3) is 0 Å². The zero-order valence-corrected chi connectivity index (χ0v) is 11.0. The van der Waals surface area contributed by atoms with E-state index in [1.807, 2.05) is 0 Å². The number of rotatable bonds is 3. The molecule has 2 saturated heterocycles. The van der Waals surface area contributed by atoms with Crippen LogP contribution >= 0.6 is 0 Å². The smallest absolute Gasteiger partial charge is 0.0470 e. The maximum Gasteiger partial charge on any atom is 0.0470 e. The first-order chi connectivity index (χ1) is 8.34. The Labute approximate surface area is 105 Å². The largest absolute Gasteiger partial charge is 0.329 e. The van der Waals surface area contributed by atoms with Gasteiger partial charge in [0.05, 0.1) is 0 Å². The molecule has 0 aromatic carbocycles. The second kappa shape index (κ2) is 4.87. The Morgan fingerprint density at radius 1 is 1.00 bits per heavy atom. The summed E-state index contributed by atoms with van der Waals surface area (Å²) >= 11 is 0. The van der Waals surface area contributed by atoms with E-state index in [0.29, 0.717) is 5.54 Å². The van der Waals surface area contributed by atoms with Gasteiger partial charge in [-0.05, 0) is 45.2 Å². The van der Waals surface area contributed by atoms with Crippen LogP contribution < -0.4 is 5.73 Å². The average Bonchev–Trinajstić information content (AvgIpc) is 3.15. The SMILES string of the molecule is NCC1(N2CCCCCC2)CCN(C2CC2)C1. The van der Waals surface area contributed by atoms with Gasteiger partial charge in [0, 0.05) is 31.2 Å². The summed E-state index contributed by atoms with van der Waals surface area (Å²) in [4.78, 5) is 5.44. The summed E-state index contributed by atoms with van der Waals surface area (Å²) in [6.07, 6.45) is 9.77. The van der Waals surface area contributed by atoms with Crippen molar-refractivity contribution in [3.63, 3.8) is 0 Å². The zero-order chi connectivity index (χ0) is 11.7. The van der Waals surface area contributed by atoms with Crippen molar-refractivity contribution in [1.82, 2.24) is 9.80 Å². The van der Waals surface area contributed by atoms with E-state index >= 15 is 0 Å². The van der Waals surface area contributed by atoms with Crippen molar-refractivity contribution in [2.75, 3.05) is 32.7 Å². The monoisotopic (exact) mass is 237 g/mol. The van der Waals surface area contributed by atoms with Crippen LogP contribution in [0, 0.1) is 0 Å². The van der Waals surface area contributed by atoms with Crippen LogP contribution in [-0.2, 0) is 0 Å². The molecule has 0 amide bonds. The van der Waals surface area contributed by atoms with Crippen LogP contribution in [-0.4, -0.2) is 54.1 Å². The lowest BCUT2D eigenvalue weighted by Gasteiger charge is -2.40. The molecule has 2 N–H and O–H groups in total. The fourth-order valence-corrected chi connectivity index (χ4v) is 3.74. The van der Waals surface area contributed by atoms with Crippen LogP contribution in [0.5, 0.6) is 0 Å². The van der Waals surface area contributed by atoms with E-state index in [4.69, 9.17) is 5.73 Å². The third-order valence-electron chi connectivity index (χ3n) is 5.08. The van der Waals surface area contributed by atoms with Gasteiger partial charge in [-0.1, -0.05) is 12.8 Å². The van der Waals surface area contributed by atoms with Gasteiger partial charge in [0.25, 0.3) is 0 Å². The maximum absolute atomic E-state index is 6.17. The fraction of sp³-hybridized carbons (Fsp3) is 1.00. The standard InChI is InChI=1S/C14H27N3/c15-11-14(17-8-3-1-2-4-9-17)7-10-16(12-14)13-5-6-13/h13H,1-12,15H2. The highest BCUT2D eigenvalue weighted by Crippen LogP contribution is 2.36. The quantitative estimate of drug-likeness (QED) is 0.806. The van der Waals surface area contributed by atoms with Gasteiger partial charge in [0.1, 0.15) is 0 Å². The predicted octanol–water partition coefficient (Wildman–Crippen LogP) is 1.43. The molecule has 3 fully saturated rings. The van der Waals surface area contributed by atoms with Crippen molar-refractivity contribution in [1.29, 1.82) is 0 Å². The minimum atomic E-state index is 0.326. The number of likely N-dealkylation sites (tertiary alicyclic amines) is 2. The molecule has 1 atom stereocenters. The molecule has 3 nitrogen and oxygen atoms in total. The Kier molecular flexibility index (Phi) is 3.42. The number of hydrogen-bond acceptors (Lipinski definition) is 3.